The third-order valence-corrected chi connectivity index (χ3v) is 3.19. The molecule has 0 radical (unpaired) electrons. The van der Waals surface area contributed by atoms with Crippen molar-refractivity contribution in [2.45, 2.75) is 40.7 Å². The minimum Gasteiger partial charge on any atom is -0.508 e. The van der Waals surface area contributed by atoms with Gasteiger partial charge in [-0.25, -0.2) is 4.39 Å². The number of hydrogen-bond acceptors (Lipinski definition) is 2. The first kappa shape index (κ1) is 16.0. The van der Waals surface area contributed by atoms with Crippen LogP contribution in [0.4, 0.5) is 4.39 Å². The van der Waals surface area contributed by atoms with Crippen LogP contribution in [0.1, 0.15) is 46.2 Å². The third-order valence-electron chi connectivity index (χ3n) is 3.19. The lowest BCUT2D eigenvalue weighted by molar-refractivity contribution is 0.164. The molecule has 3 heteroatoms. The van der Waals surface area contributed by atoms with E-state index in [-0.39, 0.29) is 17.6 Å². The van der Waals surface area contributed by atoms with Crippen molar-refractivity contribution in [3.63, 3.8) is 0 Å². The molecule has 0 spiro atoms. The van der Waals surface area contributed by atoms with Crippen molar-refractivity contribution in [3.8, 4) is 5.75 Å². The van der Waals surface area contributed by atoms with Crippen LogP contribution < -0.4 is 0 Å². The lowest BCUT2D eigenvalue weighted by atomic mass is 10.0. The smallest absolute Gasteiger partial charge is 0.123 e. The summed E-state index contributed by atoms with van der Waals surface area (Å²) < 4.78 is 13.4. The highest BCUT2D eigenvalue weighted by Gasteiger charge is 2.20. The molecule has 108 valence electrons. The molecule has 0 saturated heterocycles. The second-order valence-electron chi connectivity index (χ2n) is 6.12. The number of nitrogens with zero attached hydrogens (tertiary/aromatic N) is 1. The number of hydrogen-bond donors (Lipinski definition) is 1. The standard InChI is InChI=1S/C16H26FNO/c1-11(2)9-18(10-12(3)4)13(5)15-8-14(17)6-7-16(15)19/h6-8,11-13,19H,9-10H2,1-5H3. The summed E-state index contributed by atoms with van der Waals surface area (Å²) in [7, 11) is 0. The Hall–Kier alpha value is -1.09. The number of aromatic hydroxyl groups is 1. The SMILES string of the molecule is CC(C)CN(CC(C)C)C(C)c1cc(F)ccc1O. The zero-order valence-corrected chi connectivity index (χ0v) is 12.7. The molecule has 0 aliphatic carbocycles. The van der Waals surface area contributed by atoms with E-state index in [2.05, 4.69) is 32.6 Å². The van der Waals surface area contributed by atoms with Crippen molar-refractivity contribution in [2.24, 2.45) is 11.8 Å². The Morgan fingerprint density at radius 3 is 2.05 bits per heavy atom. The maximum atomic E-state index is 13.4. The lowest BCUT2D eigenvalue weighted by Gasteiger charge is -2.32. The minimum atomic E-state index is -0.298. The van der Waals surface area contributed by atoms with Crippen LogP contribution in [0.3, 0.4) is 0 Å². The molecule has 19 heavy (non-hydrogen) atoms. The molecule has 1 aromatic rings. The van der Waals surface area contributed by atoms with Crippen LogP contribution in [-0.2, 0) is 0 Å². The Balaban J connectivity index is 2.96. The molecule has 0 aliphatic rings. The molecule has 2 nitrogen and oxygen atoms in total. The van der Waals surface area contributed by atoms with Crippen LogP contribution in [0, 0.1) is 17.7 Å². The molecule has 0 heterocycles. The van der Waals surface area contributed by atoms with Crippen LogP contribution >= 0.6 is 0 Å². The van der Waals surface area contributed by atoms with Crippen LogP contribution in [0.5, 0.6) is 5.75 Å². The highest BCUT2D eigenvalue weighted by Crippen LogP contribution is 2.30. The van der Waals surface area contributed by atoms with Gasteiger partial charge in [0.15, 0.2) is 0 Å². The Bertz CT molecular complexity index is 394. The number of rotatable bonds is 6. The predicted octanol–water partition coefficient (Wildman–Crippen LogP) is 4.21. The monoisotopic (exact) mass is 267 g/mol. The van der Waals surface area contributed by atoms with E-state index in [1.807, 2.05) is 6.92 Å². The maximum absolute atomic E-state index is 13.4. The van der Waals surface area contributed by atoms with Gasteiger partial charge in [-0.15, -0.1) is 0 Å². The number of phenols is 1. The van der Waals surface area contributed by atoms with Crippen molar-refractivity contribution in [1.29, 1.82) is 0 Å². The fourth-order valence-corrected chi connectivity index (χ4v) is 2.39. The van der Waals surface area contributed by atoms with Gasteiger partial charge in [0.25, 0.3) is 0 Å². The van der Waals surface area contributed by atoms with Crippen molar-refractivity contribution >= 4 is 0 Å². The topological polar surface area (TPSA) is 23.5 Å². The summed E-state index contributed by atoms with van der Waals surface area (Å²) in [5, 5.41) is 9.93. The number of phenolic OH excluding ortho intramolecular Hbond substituents is 1. The minimum absolute atomic E-state index is 0.0144. The molecule has 0 bridgehead atoms. The zero-order valence-electron chi connectivity index (χ0n) is 12.7. The molecule has 0 aliphatic heterocycles. The maximum Gasteiger partial charge on any atom is 0.123 e. The van der Waals surface area contributed by atoms with Crippen molar-refractivity contribution in [2.75, 3.05) is 13.1 Å². The van der Waals surface area contributed by atoms with Gasteiger partial charge >= 0.3 is 0 Å². The molecule has 0 amide bonds. The van der Waals surface area contributed by atoms with Gasteiger partial charge in [0.2, 0.25) is 0 Å². The predicted molar refractivity (Wildman–Crippen MR) is 77.7 cm³/mol. The number of benzene rings is 1. The van der Waals surface area contributed by atoms with Gasteiger partial charge in [0.1, 0.15) is 11.6 Å². The van der Waals surface area contributed by atoms with Gasteiger partial charge in [0, 0.05) is 24.7 Å². The first-order valence-electron chi connectivity index (χ1n) is 7.03. The first-order valence-corrected chi connectivity index (χ1v) is 7.03. The van der Waals surface area contributed by atoms with Gasteiger partial charge in [-0.05, 0) is 37.0 Å². The lowest BCUT2D eigenvalue weighted by Crippen LogP contribution is -2.33. The van der Waals surface area contributed by atoms with Crippen molar-refractivity contribution in [3.05, 3.63) is 29.6 Å². The van der Waals surface area contributed by atoms with E-state index in [1.165, 1.54) is 18.2 Å². The van der Waals surface area contributed by atoms with Crippen LogP contribution in [0.15, 0.2) is 18.2 Å². The summed E-state index contributed by atoms with van der Waals surface area (Å²) in [4.78, 5) is 2.31. The quantitative estimate of drug-likeness (QED) is 0.834. The van der Waals surface area contributed by atoms with E-state index >= 15 is 0 Å². The summed E-state index contributed by atoms with van der Waals surface area (Å²) >= 11 is 0. The van der Waals surface area contributed by atoms with Crippen LogP contribution in [-0.4, -0.2) is 23.1 Å². The zero-order chi connectivity index (χ0) is 14.6. The van der Waals surface area contributed by atoms with E-state index in [1.54, 1.807) is 0 Å². The van der Waals surface area contributed by atoms with Gasteiger partial charge in [-0.1, -0.05) is 27.7 Å². The summed E-state index contributed by atoms with van der Waals surface area (Å²) in [6.45, 7) is 12.6. The molecule has 1 rings (SSSR count). The average Bonchev–Trinajstić information content (AvgIpc) is 2.29. The fraction of sp³-hybridized carbons (Fsp3) is 0.625. The van der Waals surface area contributed by atoms with Gasteiger partial charge < -0.3 is 5.11 Å². The second-order valence-corrected chi connectivity index (χ2v) is 6.12. The van der Waals surface area contributed by atoms with Crippen LogP contribution in [0.2, 0.25) is 0 Å². The fourth-order valence-electron chi connectivity index (χ4n) is 2.39. The van der Waals surface area contributed by atoms with E-state index in [9.17, 15) is 9.50 Å². The molecule has 1 atom stereocenters. The van der Waals surface area contributed by atoms with Gasteiger partial charge in [-0.3, -0.25) is 4.90 Å². The highest BCUT2D eigenvalue weighted by atomic mass is 19.1. The Kier molecular flexibility index (Phi) is 5.80. The highest BCUT2D eigenvalue weighted by molar-refractivity contribution is 5.34. The van der Waals surface area contributed by atoms with Crippen molar-refractivity contribution < 1.29 is 9.50 Å². The second kappa shape index (κ2) is 6.90. The van der Waals surface area contributed by atoms with Crippen LogP contribution in [0.25, 0.3) is 0 Å². The Labute approximate surface area is 116 Å². The third kappa shape index (κ3) is 4.83. The largest absolute Gasteiger partial charge is 0.508 e. The molecule has 1 unspecified atom stereocenters. The van der Waals surface area contributed by atoms with E-state index in [0.29, 0.717) is 17.4 Å². The van der Waals surface area contributed by atoms with Gasteiger partial charge in [-0.2, -0.15) is 0 Å². The normalized spacial score (nSPS) is 13.5. The summed E-state index contributed by atoms with van der Waals surface area (Å²) in [6.07, 6.45) is 0. The molecule has 0 aromatic heterocycles. The van der Waals surface area contributed by atoms with Gasteiger partial charge in [0.05, 0.1) is 0 Å². The Morgan fingerprint density at radius 2 is 1.58 bits per heavy atom. The molecule has 1 N–H and O–H groups in total. The summed E-state index contributed by atoms with van der Waals surface area (Å²) in [5.74, 6) is 0.953. The molecule has 1 aromatic carbocycles. The van der Waals surface area contributed by atoms with E-state index in [4.69, 9.17) is 0 Å². The summed E-state index contributed by atoms with van der Waals surface area (Å²) in [6, 6.07) is 4.18. The van der Waals surface area contributed by atoms with E-state index < -0.39 is 0 Å². The molecular weight excluding hydrogens is 241 g/mol. The number of halogens is 1. The molecule has 0 saturated carbocycles. The molecular formula is C16H26FNO. The first-order chi connectivity index (χ1) is 8.81. The van der Waals surface area contributed by atoms with E-state index in [0.717, 1.165) is 13.1 Å². The Morgan fingerprint density at radius 1 is 1.05 bits per heavy atom. The average molecular weight is 267 g/mol. The summed E-state index contributed by atoms with van der Waals surface area (Å²) in [5.41, 5.74) is 0.668. The van der Waals surface area contributed by atoms with Crippen molar-refractivity contribution in [1.82, 2.24) is 4.90 Å². The molecule has 0 fully saturated rings.